The van der Waals surface area contributed by atoms with Gasteiger partial charge in [-0.05, 0) is 6.42 Å². The van der Waals surface area contributed by atoms with E-state index in [-0.39, 0.29) is 11.1 Å². The molecule has 2 aromatic rings. The molecule has 17 heavy (non-hydrogen) atoms. The Morgan fingerprint density at radius 1 is 1.41 bits per heavy atom. The maximum atomic E-state index is 12.4. The summed E-state index contributed by atoms with van der Waals surface area (Å²) in [7, 11) is 0. The number of H-pyrrole nitrogens is 1. The summed E-state index contributed by atoms with van der Waals surface area (Å²) in [6.07, 6.45) is -3.57. The van der Waals surface area contributed by atoms with Crippen LogP contribution in [-0.2, 0) is 12.6 Å². The van der Waals surface area contributed by atoms with Gasteiger partial charge in [0.25, 0.3) is 11.3 Å². The number of halogens is 3. The van der Waals surface area contributed by atoms with E-state index < -0.39 is 17.6 Å². The van der Waals surface area contributed by atoms with Crippen molar-refractivity contribution >= 4 is 11.1 Å². The van der Waals surface area contributed by atoms with E-state index in [4.69, 9.17) is 0 Å². The molecule has 2 rings (SSSR count). The highest BCUT2D eigenvalue weighted by Gasteiger charge is 2.35. The van der Waals surface area contributed by atoms with Crippen molar-refractivity contribution in [2.24, 2.45) is 0 Å². The predicted octanol–water partition coefficient (Wildman–Crippen LogP) is 1.88. The molecule has 0 saturated carbocycles. The van der Waals surface area contributed by atoms with Crippen LogP contribution in [0.4, 0.5) is 13.2 Å². The molecule has 0 amide bonds. The van der Waals surface area contributed by atoms with Gasteiger partial charge in [-0.25, -0.2) is 0 Å². The second-order valence-electron chi connectivity index (χ2n) is 3.47. The van der Waals surface area contributed by atoms with E-state index in [2.05, 4.69) is 14.7 Å². The molecule has 1 N–H and O–H groups in total. The van der Waals surface area contributed by atoms with E-state index in [1.165, 1.54) is 0 Å². The zero-order chi connectivity index (χ0) is 12.6. The number of alkyl halides is 3. The number of hydrogen-bond acceptors (Lipinski definition) is 4. The fourth-order valence-electron chi connectivity index (χ4n) is 1.46. The lowest BCUT2D eigenvalue weighted by Crippen LogP contribution is -2.19. The zero-order valence-electron chi connectivity index (χ0n) is 8.76. The Balaban J connectivity index is 2.66. The highest BCUT2D eigenvalue weighted by molar-refractivity contribution is 5.74. The molecule has 92 valence electrons. The number of nitrogens with one attached hydrogen (secondary N) is 1. The van der Waals surface area contributed by atoms with Crippen molar-refractivity contribution in [3.8, 4) is 0 Å². The molecule has 0 spiro atoms. The van der Waals surface area contributed by atoms with Gasteiger partial charge in [0.1, 0.15) is 5.39 Å². The maximum absolute atomic E-state index is 12.4. The Hall–Kier alpha value is -1.86. The second-order valence-corrected chi connectivity index (χ2v) is 3.47. The molecule has 0 saturated heterocycles. The molecule has 0 aliphatic heterocycles. The molecule has 0 radical (unpaired) electrons. The average Bonchev–Trinajstić information content (AvgIpc) is 2.61. The molecule has 0 bridgehead atoms. The van der Waals surface area contributed by atoms with Gasteiger partial charge in [0.15, 0.2) is 0 Å². The lowest BCUT2D eigenvalue weighted by molar-refractivity contribution is -0.145. The van der Waals surface area contributed by atoms with E-state index in [1.807, 2.05) is 6.92 Å². The van der Waals surface area contributed by atoms with Gasteiger partial charge >= 0.3 is 6.18 Å². The van der Waals surface area contributed by atoms with Gasteiger partial charge in [-0.3, -0.25) is 4.79 Å². The van der Waals surface area contributed by atoms with Crippen molar-refractivity contribution in [3.63, 3.8) is 0 Å². The average molecular weight is 247 g/mol. The van der Waals surface area contributed by atoms with Crippen LogP contribution >= 0.6 is 0 Å². The smallest absolute Gasteiger partial charge is 0.335 e. The quantitative estimate of drug-likeness (QED) is 0.879. The van der Waals surface area contributed by atoms with Crippen molar-refractivity contribution in [3.05, 3.63) is 21.9 Å². The van der Waals surface area contributed by atoms with Gasteiger partial charge < -0.3 is 9.51 Å². The van der Waals surface area contributed by atoms with Gasteiger partial charge in [0.2, 0.25) is 5.82 Å². The fraction of sp³-hybridized carbons (Fsp3) is 0.444. The molecule has 8 heteroatoms. The minimum Gasteiger partial charge on any atom is -0.335 e. The van der Waals surface area contributed by atoms with E-state index in [1.54, 1.807) is 4.98 Å². The molecule has 2 heterocycles. The number of aromatic amines is 1. The number of fused-ring (bicyclic) bond motifs is 1. The van der Waals surface area contributed by atoms with Crippen LogP contribution in [0, 0.1) is 0 Å². The van der Waals surface area contributed by atoms with Crippen LogP contribution in [0.2, 0.25) is 0 Å². The normalized spacial score (nSPS) is 12.2. The summed E-state index contributed by atoms with van der Waals surface area (Å²) in [5.41, 5.74) is -0.943. The Kier molecular flexibility index (Phi) is 2.64. The highest BCUT2D eigenvalue weighted by atomic mass is 19.4. The molecular formula is C9H8F3N3O2. The van der Waals surface area contributed by atoms with E-state index in [0.717, 1.165) is 0 Å². The van der Waals surface area contributed by atoms with Crippen LogP contribution in [0.15, 0.2) is 9.32 Å². The van der Waals surface area contributed by atoms with E-state index >= 15 is 0 Å². The van der Waals surface area contributed by atoms with Gasteiger partial charge in [-0.1, -0.05) is 18.5 Å². The Morgan fingerprint density at radius 2 is 2.12 bits per heavy atom. The minimum atomic E-state index is -4.72. The molecule has 0 aliphatic rings. The summed E-state index contributed by atoms with van der Waals surface area (Å²) in [5.74, 6) is -1.38. The van der Waals surface area contributed by atoms with Crippen molar-refractivity contribution < 1.29 is 17.7 Å². The number of aryl methyl sites for hydroxylation is 1. The number of hydrogen-bond donors (Lipinski definition) is 1. The molecular weight excluding hydrogens is 239 g/mol. The Morgan fingerprint density at radius 3 is 2.71 bits per heavy atom. The fourth-order valence-corrected chi connectivity index (χ4v) is 1.46. The van der Waals surface area contributed by atoms with Gasteiger partial charge in [-0.15, -0.1) is 0 Å². The summed E-state index contributed by atoms with van der Waals surface area (Å²) in [6.45, 7) is 1.85. The maximum Gasteiger partial charge on any atom is 0.449 e. The van der Waals surface area contributed by atoms with Crippen LogP contribution in [0.5, 0.6) is 0 Å². The predicted molar refractivity (Wildman–Crippen MR) is 51.4 cm³/mol. The first-order valence-corrected chi connectivity index (χ1v) is 4.89. The molecule has 5 nitrogen and oxygen atoms in total. The third-order valence-corrected chi connectivity index (χ3v) is 2.17. The Bertz CT molecular complexity index is 600. The van der Waals surface area contributed by atoms with Gasteiger partial charge in [0, 0.05) is 0 Å². The summed E-state index contributed by atoms with van der Waals surface area (Å²) in [4.78, 5) is 16.4. The van der Waals surface area contributed by atoms with Gasteiger partial charge in [-0.2, -0.15) is 18.2 Å². The topological polar surface area (TPSA) is 71.8 Å². The third kappa shape index (κ3) is 2.02. The summed E-state index contributed by atoms with van der Waals surface area (Å²) < 4.78 is 41.7. The number of aromatic nitrogens is 3. The van der Waals surface area contributed by atoms with Crippen LogP contribution in [-0.4, -0.2) is 15.1 Å². The third-order valence-electron chi connectivity index (χ3n) is 2.17. The van der Waals surface area contributed by atoms with Crippen LogP contribution in [0.3, 0.4) is 0 Å². The summed E-state index contributed by atoms with van der Waals surface area (Å²) in [5, 5.41) is 3.53. The molecule has 0 atom stereocenters. The number of rotatable bonds is 2. The molecule has 0 aliphatic carbocycles. The van der Waals surface area contributed by atoms with Crippen LogP contribution in [0.1, 0.15) is 24.9 Å². The highest BCUT2D eigenvalue weighted by Crippen LogP contribution is 2.26. The molecule has 2 aromatic heterocycles. The Labute approximate surface area is 92.6 Å². The number of nitrogens with zero attached hydrogens (tertiary/aromatic N) is 2. The van der Waals surface area contributed by atoms with E-state index in [0.29, 0.717) is 18.5 Å². The van der Waals surface area contributed by atoms with Crippen molar-refractivity contribution in [2.75, 3.05) is 0 Å². The second kappa shape index (κ2) is 3.86. The van der Waals surface area contributed by atoms with Crippen LogP contribution < -0.4 is 5.56 Å². The van der Waals surface area contributed by atoms with E-state index in [9.17, 15) is 18.0 Å². The van der Waals surface area contributed by atoms with Crippen molar-refractivity contribution in [1.29, 1.82) is 0 Å². The summed E-state index contributed by atoms with van der Waals surface area (Å²) >= 11 is 0. The lowest BCUT2D eigenvalue weighted by atomic mass is 10.2. The van der Waals surface area contributed by atoms with Crippen molar-refractivity contribution in [1.82, 2.24) is 15.1 Å². The zero-order valence-corrected chi connectivity index (χ0v) is 8.76. The minimum absolute atomic E-state index is 0.0140. The largest absolute Gasteiger partial charge is 0.449 e. The first kappa shape index (κ1) is 11.6. The van der Waals surface area contributed by atoms with Crippen LogP contribution in [0.25, 0.3) is 11.1 Å². The van der Waals surface area contributed by atoms with Crippen molar-refractivity contribution in [2.45, 2.75) is 25.9 Å². The molecule has 0 unspecified atom stereocenters. The monoisotopic (exact) mass is 247 g/mol. The lowest BCUT2D eigenvalue weighted by Gasteiger charge is -2.03. The first-order valence-electron chi connectivity index (χ1n) is 4.89. The van der Waals surface area contributed by atoms with Gasteiger partial charge in [0.05, 0.1) is 5.69 Å². The molecule has 0 fully saturated rings. The standard InChI is InChI=1S/C9H8F3N3O2/c1-2-3-4-5-6(16)13-8(9(10,11)12)14-7(5)17-15-4/h2-3H2,1H3,(H,13,14,16). The summed E-state index contributed by atoms with van der Waals surface area (Å²) in [6, 6.07) is 0. The first-order chi connectivity index (χ1) is 7.93. The molecule has 0 aromatic carbocycles. The SMILES string of the molecule is CCCc1noc2nc(C(F)(F)F)[nH]c(=O)c12.